The van der Waals surface area contributed by atoms with Gasteiger partial charge < -0.3 is 19.9 Å². The Balaban J connectivity index is 1.27. The SMILES string of the molecule is CCCCCCCCCCCC(N)OOOOOOc1ccc2nc(/C=C/c3ccc(N(C)C)cc3)oc2c1. The zero-order valence-electron chi connectivity index (χ0n) is 23.2. The van der Waals surface area contributed by atoms with E-state index < -0.39 is 6.23 Å². The molecule has 0 radical (unpaired) electrons. The molecule has 0 saturated heterocycles. The Hall–Kier alpha value is -2.99. The van der Waals surface area contributed by atoms with Crippen molar-refractivity contribution >= 4 is 28.9 Å². The number of unbranched alkanes of at least 4 members (excludes halogenated alkanes) is 8. The summed E-state index contributed by atoms with van der Waals surface area (Å²) in [6, 6.07) is 13.1. The fraction of sp³-hybridized carbons (Fsp3) is 0.483. The van der Waals surface area contributed by atoms with Crippen LogP contribution in [-0.2, 0) is 25.0 Å². The third-order valence-corrected chi connectivity index (χ3v) is 6.17. The van der Waals surface area contributed by atoms with Crippen molar-refractivity contribution < 1.29 is 34.3 Å². The molecule has 1 unspecified atom stereocenters. The number of oxazole rings is 1. The summed E-state index contributed by atoms with van der Waals surface area (Å²) >= 11 is 0. The maximum Gasteiger partial charge on any atom is 0.220 e. The zero-order chi connectivity index (χ0) is 27.7. The van der Waals surface area contributed by atoms with E-state index in [0.717, 1.165) is 24.1 Å². The molecule has 2 N–H and O–H groups in total. The lowest BCUT2D eigenvalue weighted by Gasteiger charge is -2.11. The van der Waals surface area contributed by atoms with E-state index in [0.29, 0.717) is 29.2 Å². The normalized spacial score (nSPS) is 12.4. The second kappa shape index (κ2) is 17.6. The Labute approximate surface area is 230 Å². The Morgan fingerprint density at radius 3 is 2.26 bits per heavy atom. The first-order valence-electron chi connectivity index (χ1n) is 13.7. The molecule has 3 aromatic rings. The minimum atomic E-state index is -0.631. The number of hydrogen-bond donors (Lipinski definition) is 1. The van der Waals surface area contributed by atoms with Gasteiger partial charge in [0.25, 0.3) is 0 Å². The molecule has 2 aromatic carbocycles. The average Bonchev–Trinajstić information content (AvgIpc) is 3.35. The molecular weight excluding hydrogens is 502 g/mol. The molecule has 1 atom stereocenters. The standard InChI is InChI=1S/C29H41N3O7/c1-4-5-6-7-8-9-10-11-12-13-28(30)35-37-39-38-36-34-25-19-20-26-27(22-25)33-29(31-26)21-16-23-14-17-24(18-15-23)32(2)3/h14-22,28H,4-13,30H2,1-3H3/b21-16+. The molecule has 0 bridgehead atoms. The highest BCUT2D eigenvalue weighted by molar-refractivity contribution is 5.77. The highest BCUT2D eigenvalue weighted by Crippen LogP contribution is 2.23. The molecule has 214 valence electrons. The van der Waals surface area contributed by atoms with Crippen LogP contribution in [0.25, 0.3) is 23.3 Å². The van der Waals surface area contributed by atoms with Crippen LogP contribution in [-0.4, -0.2) is 25.3 Å². The van der Waals surface area contributed by atoms with Gasteiger partial charge >= 0.3 is 0 Å². The maximum atomic E-state index is 5.82. The largest absolute Gasteiger partial charge is 0.437 e. The van der Waals surface area contributed by atoms with Gasteiger partial charge in [-0.1, -0.05) is 70.4 Å². The number of anilines is 1. The van der Waals surface area contributed by atoms with Crippen molar-refractivity contribution in [3.8, 4) is 5.75 Å². The second-order valence-corrected chi connectivity index (χ2v) is 9.61. The van der Waals surface area contributed by atoms with Crippen LogP contribution in [0.3, 0.4) is 0 Å². The number of nitrogens with zero attached hydrogens (tertiary/aromatic N) is 2. The smallest absolute Gasteiger partial charge is 0.220 e. The summed E-state index contributed by atoms with van der Waals surface area (Å²) in [6.07, 6.45) is 14.9. The Morgan fingerprint density at radius 1 is 0.846 bits per heavy atom. The van der Waals surface area contributed by atoms with Crippen molar-refractivity contribution in [3.05, 3.63) is 53.9 Å². The second-order valence-electron chi connectivity index (χ2n) is 9.61. The van der Waals surface area contributed by atoms with Crippen molar-refractivity contribution in [2.24, 2.45) is 5.73 Å². The molecule has 0 amide bonds. The molecule has 10 nitrogen and oxygen atoms in total. The van der Waals surface area contributed by atoms with Crippen LogP contribution in [0.15, 0.2) is 46.9 Å². The van der Waals surface area contributed by atoms with Crippen LogP contribution in [0.5, 0.6) is 5.75 Å². The first-order valence-corrected chi connectivity index (χ1v) is 13.7. The van der Waals surface area contributed by atoms with Gasteiger partial charge in [0.1, 0.15) is 11.7 Å². The lowest BCUT2D eigenvalue weighted by atomic mass is 10.1. The number of aromatic nitrogens is 1. The predicted octanol–water partition coefficient (Wildman–Crippen LogP) is 7.31. The number of nitrogens with two attached hydrogens (primary N) is 1. The average molecular weight is 544 g/mol. The monoisotopic (exact) mass is 543 g/mol. The molecule has 0 aliphatic heterocycles. The fourth-order valence-electron chi connectivity index (χ4n) is 3.94. The molecule has 39 heavy (non-hydrogen) atoms. The summed E-state index contributed by atoms with van der Waals surface area (Å²) < 4.78 is 5.76. The molecular formula is C29H41N3O7. The van der Waals surface area contributed by atoms with Crippen LogP contribution >= 0.6 is 0 Å². The first kappa shape index (κ1) is 30.6. The minimum absolute atomic E-state index is 0.306. The lowest BCUT2D eigenvalue weighted by Crippen LogP contribution is -2.24. The van der Waals surface area contributed by atoms with Gasteiger partial charge in [-0.05, 0) is 58.8 Å². The summed E-state index contributed by atoms with van der Waals surface area (Å²) in [5, 5.41) is 17.6. The fourth-order valence-corrected chi connectivity index (χ4v) is 3.94. The van der Waals surface area contributed by atoms with Gasteiger partial charge in [0.2, 0.25) is 5.89 Å². The molecule has 3 rings (SSSR count). The van der Waals surface area contributed by atoms with Gasteiger partial charge in [-0.25, -0.2) is 4.98 Å². The molecule has 0 fully saturated rings. The van der Waals surface area contributed by atoms with Gasteiger partial charge in [0.05, 0.1) is 0 Å². The highest BCUT2D eigenvalue weighted by Gasteiger charge is 2.08. The van der Waals surface area contributed by atoms with Gasteiger partial charge in [-0.15, -0.1) is 0 Å². The highest BCUT2D eigenvalue weighted by atomic mass is 17.8. The molecule has 1 aromatic heterocycles. The van der Waals surface area contributed by atoms with E-state index in [1.165, 1.54) is 44.9 Å². The van der Waals surface area contributed by atoms with E-state index in [-0.39, 0.29) is 0 Å². The molecule has 0 aliphatic carbocycles. The predicted molar refractivity (Wildman–Crippen MR) is 150 cm³/mol. The van der Waals surface area contributed by atoms with Crippen molar-refractivity contribution in [2.75, 3.05) is 19.0 Å². The quantitative estimate of drug-likeness (QED) is 0.0674. The Kier molecular flexibility index (Phi) is 13.8. The van der Waals surface area contributed by atoms with Gasteiger partial charge in [-0.2, -0.15) is 4.89 Å². The number of hydrogen-bond acceptors (Lipinski definition) is 10. The topological polar surface area (TPSA) is 111 Å². The third-order valence-electron chi connectivity index (χ3n) is 6.17. The van der Waals surface area contributed by atoms with E-state index in [4.69, 9.17) is 19.9 Å². The maximum absolute atomic E-state index is 5.82. The summed E-state index contributed by atoms with van der Waals surface area (Å²) in [6.45, 7) is 2.23. The van der Waals surface area contributed by atoms with Crippen molar-refractivity contribution in [3.63, 3.8) is 0 Å². The number of benzene rings is 2. The van der Waals surface area contributed by atoms with E-state index >= 15 is 0 Å². The summed E-state index contributed by atoms with van der Waals surface area (Å²) in [7, 11) is 4.01. The molecule has 0 saturated carbocycles. The van der Waals surface area contributed by atoms with Gasteiger partial charge in [-0.3, -0.25) is 0 Å². The van der Waals surface area contributed by atoms with Crippen molar-refractivity contribution in [1.82, 2.24) is 4.98 Å². The zero-order valence-corrected chi connectivity index (χ0v) is 23.2. The van der Waals surface area contributed by atoms with Gasteiger partial charge in [0, 0.05) is 42.0 Å². The molecule has 10 heteroatoms. The van der Waals surface area contributed by atoms with Crippen LogP contribution < -0.4 is 15.5 Å². The Bertz CT molecular complexity index is 1100. The first-order chi connectivity index (χ1) is 19.0. The van der Waals surface area contributed by atoms with E-state index in [2.05, 4.69) is 32.1 Å². The molecule has 0 aliphatic rings. The van der Waals surface area contributed by atoms with Crippen LogP contribution in [0, 0.1) is 0 Å². The molecule has 1 heterocycles. The Morgan fingerprint density at radius 2 is 1.54 bits per heavy atom. The third kappa shape index (κ3) is 11.7. The lowest BCUT2D eigenvalue weighted by molar-refractivity contribution is -0.748. The van der Waals surface area contributed by atoms with E-state index in [1.807, 2.05) is 49.3 Å². The van der Waals surface area contributed by atoms with E-state index in [9.17, 15) is 0 Å². The van der Waals surface area contributed by atoms with Crippen molar-refractivity contribution in [1.29, 1.82) is 0 Å². The van der Waals surface area contributed by atoms with Crippen LogP contribution in [0.4, 0.5) is 5.69 Å². The summed E-state index contributed by atoms with van der Waals surface area (Å²) in [5.41, 5.74) is 9.17. The number of rotatable bonds is 20. The number of fused-ring (bicyclic) bond motifs is 1. The van der Waals surface area contributed by atoms with Crippen molar-refractivity contribution in [2.45, 2.75) is 77.4 Å². The van der Waals surface area contributed by atoms with Crippen LogP contribution in [0.2, 0.25) is 0 Å². The van der Waals surface area contributed by atoms with Crippen LogP contribution in [0.1, 0.15) is 82.6 Å². The minimum Gasteiger partial charge on any atom is -0.437 e. The summed E-state index contributed by atoms with van der Waals surface area (Å²) in [5.74, 6) is 0.767. The van der Waals surface area contributed by atoms with E-state index in [1.54, 1.807) is 24.3 Å². The summed E-state index contributed by atoms with van der Waals surface area (Å²) in [4.78, 5) is 16.3. The van der Waals surface area contributed by atoms with Gasteiger partial charge in [0.15, 0.2) is 11.3 Å². The molecule has 0 spiro atoms.